The smallest absolute Gasteiger partial charge is 0.376 e. The summed E-state index contributed by atoms with van der Waals surface area (Å²) in [6.45, 7) is 0.490. The van der Waals surface area contributed by atoms with E-state index in [9.17, 15) is 4.79 Å². The van der Waals surface area contributed by atoms with Crippen LogP contribution in [0.4, 0.5) is 10.5 Å². The molecule has 0 unspecified atom stereocenters. The highest BCUT2D eigenvalue weighted by atomic mass is 32.1. The Labute approximate surface area is 158 Å². The summed E-state index contributed by atoms with van der Waals surface area (Å²) in [5.41, 5.74) is 2.65. The van der Waals surface area contributed by atoms with Crippen LogP contribution in [0.3, 0.4) is 0 Å². The molecule has 0 fully saturated rings. The Kier molecular flexibility index (Phi) is 5.44. The molecule has 0 aliphatic heterocycles. The number of oxazole rings is 1. The van der Waals surface area contributed by atoms with Crippen LogP contribution < -0.4 is 9.22 Å². The molecule has 0 radical (unpaired) electrons. The number of ether oxygens (including phenoxy) is 1. The van der Waals surface area contributed by atoms with E-state index in [1.807, 2.05) is 54.6 Å². The predicted octanol–water partition coefficient (Wildman–Crippen LogP) is 4.58. The summed E-state index contributed by atoms with van der Waals surface area (Å²) in [4.78, 5) is 16.1. The van der Waals surface area contributed by atoms with Crippen molar-refractivity contribution in [1.82, 2.24) is 9.47 Å². The Balaban J connectivity index is 1.56. The van der Waals surface area contributed by atoms with Gasteiger partial charge in [0.15, 0.2) is 0 Å². The molecule has 1 aromatic heterocycles. The van der Waals surface area contributed by atoms with Crippen LogP contribution in [0.5, 0.6) is 5.75 Å². The molecule has 2 aromatic carbocycles. The highest BCUT2D eigenvalue weighted by Gasteiger charge is 2.25. The van der Waals surface area contributed by atoms with Gasteiger partial charge in [0, 0.05) is 24.1 Å². The van der Waals surface area contributed by atoms with Crippen LogP contribution in [0, 0.1) is 0 Å². The second-order valence-corrected chi connectivity index (χ2v) is 6.72. The number of hydrogen-bond acceptors (Lipinski definition) is 4. The molecule has 0 atom stereocenters. The molecule has 134 valence electrons. The first-order valence-corrected chi connectivity index (χ1v) is 8.72. The van der Waals surface area contributed by atoms with E-state index < -0.39 is 0 Å². The molecule has 0 saturated heterocycles. The number of hydrogen-bond donors (Lipinski definition) is 1. The summed E-state index contributed by atoms with van der Waals surface area (Å²) in [7, 11) is 3.58. The fraction of sp³-hybridized carbons (Fsp3) is 0.200. The van der Waals surface area contributed by atoms with Crippen molar-refractivity contribution in [3.05, 3.63) is 66.6 Å². The maximum absolute atomic E-state index is 11.6. The molecular formula is C20H21N2O3S+. The minimum Gasteiger partial charge on any atom is -0.493 e. The number of carbonyl (C=O) groups excluding carboxylic acids is 1. The standard InChI is InChI=1S/C20H20N2O3S/c1-22(2,20(23)26)17-8-10-18(11-9-17)24-13-12-16-14-25-19(21-16)15-6-4-3-5-7-15/h3-11,14H,12-13H2,1-2H3/p+1. The molecule has 5 nitrogen and oxygen atoms in total. The Morgan fingerprint density at radius 1 is 1.12 bits per heavy atom. The number of carbonyl (C=O) groups is 1. The van der Waals surface area contributed by atoms with Gasteiger partial charge in [-0.2, -0.15) is 0 Å². The topological polar surface area (TPSA) is 52.3 Å². The van der Waals surface area contributed by atoms with Gasteiger partial charge in [-0.3, -0.25) is 0 Å². The lowest BCUT2D eigenvalue weighted by Crippen LogP contribution is -2.42. The third kappa shape index (κ3) is 4.15. The minimum absolute atomic E-state index is 0.0740. The Hall–Kier alpha value is -2.57. The summed E-state index contributed by atoms with van der Waals surface area (Å²) >= 11 is 3.93. The Bertz CT molecular complexity index is 874. The zero-order valence-corrected chi connectivity index (χ0v) is 15.6. The van der Waals surface area contributed by atoms with Crippen molar-refractivity contribution >= 4 is 23.6 Å². The molecule has 3 rings (SSSR count). The molecule has 26 heavy (non-hydrogen) atoms. The zero-order valence-electron chi connectivity index (χ0n) is 14.8. The Morgan fingerprint density at radius 3 is 2.46 bits per heavy atom. The summed E-state index contributed by atoms with van der Waals surface area (Å²) in [5, 5.41) is -0.223. The van der Waals surface area contributed by atoms with Gasteiger partial charge in [-0.15, -0.1) is 0 Å². The van der Waals surface area contributed by atoms with Gasteiger partial charge >= 0.3 is 5.24 Å². The van der Waals surface area contributed by atoms with Gasteiger partial charge < -0.3 is 9.15 Å². The zero-order chi connectivity index (χ0) is 18.6. The quantitative estimate of drug-likeness (QED) is 0.510. The molecular weight excluding hydrogens is 348 g/mol. The van der Waals surface area contributed by atoms with Gasteiger partial charge in [0.2, 0.25) is 5.89 Å². The normalized spacial score (nSPS) is 11.3. The van der Waals surface area contributed by atoms with Crippen LogP contribution in [0.15, 0.2) is 65.3 Å². The molecule has 1 amide bonds. The second kappa shape index (κ2) is 7.76. The fourth-order valence-electron chi connectivity index (χ4n) is 2.43. The van der Waals surface area contributed by atoms with E-state index in [1.165, 1.54) is 0 Å². The fourth-order valence-corrected chi connectivity index (χ4v) is 2.55. The SMILES string of the molecule is C[N+](C)(C(=O)S)c1ccc(OCCc2coc(-c3ccccc3)n2)cc1. The minimum atomic E-state index is -0.223. The Morgan fingerprint density at radius 2 is 1.81 bits per heavy atom. The predicted molar refractivity (Wildman–Crippen MR) is 106 cm³/mol. The average Bonchev–Trinajstić information content (AvgIpc) is 3.12. The average molecular weight is 369 g/mol. The first-order valence-electron chi connectivity index (χ1n) is 8.27. The van der Waals surface area contributed by atoms with Crippen molar-refractivity contribution in [2.45, 2.75) is 6.42 Å². The summed E-state index contributed by atoms with van der Waals surface area (Å²) < 4.78 is 11.4. The van der Waals surface area contributed by atoms with E-state index in [1.54, 1.807) is 20.4 Å². The first kappa shape index (κ1) is 18.2. The van der Waals surface area contributed by atoms with Gasteiger partial charge in [0.05, 0.1) is 26.4 Å². The summed E-state index contributed by atoms with van der Waals surface area (Å²) in [6.07, 6.45) is 2.31. The maximum atomic E-state index is 11.6. The molecule has 0 aliphatic rings. The highest BCUT2D eigenvalue weighted by molar-refractivity contribution is 7.96. The van der Waals surface area contributed by atoms with Gasteiger partial charge in [0.25, 0.3) is 0 Å². The van der Waals surface area contributed by atoms with Crippen LogP contribution in [-0.2, 0) is 6.42 Å². The van der Waals surface area contributed by atoms with Crippen molar-refractivity contribution in [2.24, 2.45) is 0 Å². The van der Waals surface area contributed by atoms with Crippen LogP contribution in [0.2, 0.25) is 0 Å². The molecule has 6 heteroatoms. The third-order valence-corrected chi connectivity index (χ3v) is 4.66. The number of quaternary nitrogens is 1. The second-order valence-electron chi connectivity index (χ2n) is 6.34. The van der Waals surface area contributed by atoms with Gasteiger partial charge in [-0.05, 0) is 36.9 Å². The van der Waals surface area contributed by atoms with Crippen LogP contribution in [0.1, 0.15) is 5.69 Å². The molecule has 0 saturated carbocycles. The molecule has 0 aliphatic carbocycles. The van der Waals surface area contributed by atoms with Crippen molar-refractivity contribution in [2.75, 3.05) is 20.7 Å². The van der Waals surface area contributed by atoms with Crippen LogP contribution in [0.25, 0.3) is 11.5 Å². The van der Waals surface area contributed by atoms with E-state index in [-0.39, 0.29) is 9.72 Å². The number of rotatable bonds is 6. The van der Waals surface area contributed by atoms with Crippen LogP contribution >= 0.6 is 12.6 Å². The monoisotopic (exact) mass is 369 g/mol. The largest absolute Gasteiger partial charge is 0.493 e. The van der Waals surface area contributed by atoms with Crippen molar-refractivity contribution in [3.8, 4) is 17.2 Å². The number of nitrogens with zero attached hydrogens (tertiary/aromatic N) is 2. The summed E-state index contributed by atoms with van der Waals surface area (Å²) in [6, 6.07) is 17.2. The number of amides is 1. The first-order chi connectivity index (χ1) is 12.5. The lowest BCUT2D eigenvalue weighted by Gasteiger charge is -2.23. The molecule has 0 N–H and O–H groups in total. The molecule has 1 heterocycles. The van der Waals surface area contributed by atoms with E-state index in [4.69, 9.17) is 9.15 Å². The van der Waals surface area contributed by atoms with Crippen molar-refractivity contribution < 1.29 is 13.9 Å². The van der Waals surface area contributed by atoms with Crippen molar-refractivity contribution in [3.63, 3.8) is 0 Å². The molecule has 3 aromatic rings. The van der Waals surface area contributed by atoms with E-state index >= 15 is 0 Å². The highest BCUT2D eigenvalue weighted by Crippen LogP contribution is 2.24. The van der Waals surface area contributed by atoms with Crippen molar-refractivity contribution in [1.29, 1.82) is 0 Å². The van der Waals surface area contributed by atoms with Gasteiger partial charge in [-0.25, -0.2) is 14.3 Å². The van der Waals surface area contributed by atoms with Gasteiger partial charge in [-0.1, -0.05) is 18.2 Å². The number of benzene rings is 2. The number of thiol groups is 1. The lowest BCUT2D eigenvalue weighted by atomic mass is 10.2. The maximum Gasteiger partial charge on any atom is 0.376 e. The number of aromatic nitrogens is 1. The molecule has 0 spiro atoms. The van der Waals surface area contributed by atoms with Gasteiger partial charge in [0.1, 0.15) is 17.7 Å². The third-order valence-electron chi connectivity index (χ3n) is 4.16. The lowest BCUT2D eigenvalue weighted by molar-refractivity contribution is 0.241. The summed E-state index contributed by atoms with van der Waals surface area (Å²) in [5.74, 6) is 1.36. The van der Waals surface area contributed by atoms with E-state index in [2.05, 4.69) is 17.6 Å². The van der Waals surface area contributed by atoms with E-state index in [0.717, 1.165) is 22.7 Å². The van der Waals surface area contributed by atoms with E-state index in [0.29, 0.717) is 18.9 Å². The molecule has 0 bridgehead atoms. The van der Waals surface area contributed by atoms with Crippen LogP contribution in [-0.4, -0.2) is 30.9 Å².